The van der Waals surface area contributed by atoms with Gasteiger partial charge in [0.15, 0.2) is 0 Å². The van der Waals surface area contributed by atoms with Crippen molar-refractivity contribution in [3.8, 4) is 6.07 Å². The monoisotopic (exact) mass is 247 g/mol. The van der Waals surface area contributed by atoms with Crippen LogP contribution in [0.5, 0.6) is 0 Å². The van der Waals surface area contributed by atoms with Crippen LogP contribution in [-0.4, -0.2) is 45.3 Å². The van der Waals surface area contributed by atoms with Gasteiger partial charge in [0.25, 0.3) is 0 Å². The first-order chi connectivity index (χ1) is 8.76. The normalized spacial score (nSPS) is 10.6. The van der Waals surface area contributed by atoms with Crippen molar-refractivity contribution in [2.75, 3.05) is 40.4 Å². The molecule has 1 N–H and O–H groups in total. The quantitative estimate of drug-likeness (QED) is 0.702. The van der Waals surface area contributed by atoms with Crippen molar-refractivity contribution in [2.45, 2.75) is 6.54 Å². The van der Waals surface area contributed by atoms with Gasteiger partial charge in [-0.05, 0) is 24.7 Å². The SMILES string of the molecule is COCCN(C)CCNCc1ccc(C#N)cc1. The lowest BCUT2D eigenvalue weighted by Crippen LogP contribution is -2.31. The van der Waals surface area contributed by atoms with Gasteiger partial charge in [0.1, 0.15) is 0 Å². The molecule has 4 heteroatoms. The molecular formula is C14H21N3O. The second kappa shape index (κ2) is 8.65. The van der Waals surface area contributed by atoms with Crippen LogP contribution in [0.1, 0.15) is 11.1 Å². The smallest absolute Gasteiger partial charge is 0.0991 e. The fourth-order valence-electron chi connectivity index (χ4n) is 1.56. The summed E-state index contributed by atoms with van der Waals surface area (Å²) in [5.41, 5.74) is 1.91. The maximum absolute atomic E-state index is 8.69. The van der Waals surface area contributed by atoms with E-state index in [1.165, 1.54) is 5.56 Å². The van der Waals surface area contributed by atoms with Crippen LogP contribution in [0.4, 0.5) is 0 Å². The van der Waals surface area contributed by atoms with Gasteiger partial charge in [0.05, 0.1) is 18.2 Å². The molecule has 4 nitrogen and oxygen atoms in total. The standard InChI is InChI=1S/C14H21N3O/c1-17(9-10-18-2)8-7-16-12-14-5-3-13(11-15)4-6-14/h3-6,16H,7-10,12H2,1-2H3. The lowest BCUT2D eigenvalue weighted by molar-refractivity contribution is 0.161. The molecule has 1 rings (SSSR count). The molecule has 0 saturated heterocycles. The third-order valence-electron chi connectivity index (χ3n) is 2.76. The zero-order chi connectivity index (χ0) is 13.2. The van der Waals surface area contributed by atoms with Gasteiger partial charge in [-0.1, -0.05) is 12.1 Å². The van der Waals surface area contributed by atoms with Crippen LogP contribution in [0.2, 0.25) is 0 Å². The van der Waals surface area contributed by atoms with Gasteiger partial charge in [0.2, 0.25) is 0 Å². The van der Waals surface area contributed by atoms with Gasteiger partial charge in [-0.2, -0.15) is 5.26 Å². The maximum Gasteiger partial charge on any atom is 0.0991 e. The van der Waals surface area contributed by atoms with Crippen molar-refractivity contribution in [2.24, 2.45) is 0 Å². The first kappa shape index (κ1) is 14.7. The van der Waals surface area contributed by atoms with Crippen LogP contribution in [0.3, 0.4) is 0 Å². The molecule has 0 fully saturated rings. The summed E-state index contributed by atoms with van der Waals surface area (Å²) in [7, 11) is 3.80. The van der Waals surface area contributed by atoms with Gasteiger partial charge in [-0.25, -0.2) is 0 Å². The lowest BCUT2D eigenvalue weighted by atomic mass is 10.1. The van der Waals surface area contributed by atoms with E-state index in [0.717, 1.165) is 32.8 Å². The van der Waals surface area contributed by atoms with Crippen molar-refractivity contribution >= 4 is 0 Å². The molecule has 98 valence electrons. The Morgan fingerprint density at radius 3 is 2.61 bits per heavy atom. The highest BCUT2D eigenvalue weighted by Crippen LogP contribution is 2.02. The van der Waals surface area contributed by atoms with Gasteiger partial charge >= 0.3 is 0 Å². The molecule has 0 heterocycles. The molecule has 0 saturated carbocycles. The molecule has 0 amide bonds. The van der Waals surface area contributed by atoms with Gasteiger partial charge < -0.3 is 15.0 Å². The predicted octanol–water partition coefficient (Wildman–Crippen LogP) is 1.23. The van der Waals surface area contributed by atoms with Crippen LogP contribution in [0.15, 0.2) is 24.3 Å². The number of nitrogens with zero attached hydrogens (tertiary/aromatic N) is 2. The van der Waals surface area contributed by atoms with E-state index in [2.05, 4.69) is 23.3 Å². The fraction of sp³-hybridized carbons (Fsp3) is 0.500. The van der Waals surface area contributed by atoms with E-state index < -0.39 is 0 Å². The molecule has 1 aromatic carbocycles. The summed E-state index contributed by atoms with van der Waals surface area (Å²) in [6.45, 7) is 4.50. The largest absolute Gasteiger partial charge is 0.383 e. The Balaban J connectivity index is 2.15. The van der Waals surface area contributed by atoms with E-state index in [0.29, 0.717) is 5.56 Å². The van der Waals surface area contributed by atoms with E-state index >= 15 is 0 Å². The molecule has 0 aliphatic carbocycles. The van der Waals surface area contributed by atoms with Crippen LogP contribution in [-0.2, 0) is 11.3 Å². The van der Waals surface area contributed by atoms with Gasteiger partial charge in [0, 0.05) is 33.3 Å². The molecule has 18 heavy (non-hydrogen) atoms. The molecule has 0 aromatic heterocycles. The minimum atomic E-state index is 0.707. The highest BCUT2D eigenvalue weighted by Gasteiger charge is 1.97. The summed E-state index contributed by atoms with van der Waals surface area (Å²) in [6, 6.07) is 9.79. The van der Waals surface area contributed by atoms with Crippen molar-refractivity contribution in [1.82, 2.24) is 10.2 Å². The van der Waals surface area contributed by atoms with Crippen molar-refractivity contribution in [1.29, 1.82) is 5.26 Å². The second-order valence-electron chi connectivity index (χ2n) is 4.28. The highest BCUT2D eigenvalue weighted by atomic mass is 16.5. The van der Waals surface area contributed by atoms with Crippen molar-refractivity contribution in [3.05, 3.63) is 35.4 Å². The number of benzene rings is 1. The average molecular weight is 247 g/mol. The zero-order valence-corrected chi connectivity index (χ0v) is 11.1. The molecule has 0 atom stereocenters. The summed E-state index contributed by atoms with van der Waals surface area (Å²) < 4.78 is 5.02. The molecule has 0 unspecified atom stereocenters. The molecule has 0 radical (unpaired) electrons. The van der Waals surface area contributed by atoms with E-state index in [4.69, 9.17) is 10.00 Å². The zero-order valence-electron chi connectivity index (χ0n) is 11.1. The van der Waals surface area contributed by atoms with Crippen LogP contribution < -0.4 is 5.32 Å². The maximum atomic E-state index is 8.69. The van der Waals surface area contributed by atoms with Gasteiger partial charge in [-0.15, -0.1) is 0 Å². The van der Waals surface area contributed by atoms with E-state index in [1.807, 2.05) is 24.3 Å². The number of rotatable bonds is 8. The number of hydrogen-bond donors (Lipinski definition) is 1. The Kier molecular flexibility index (Phi) is 7.04. The third kappa shape index (κ3) is 5.78. The van der Waals surface area contributed by atoms with Crippen molar-refractivity contribution in [3.63, 3.8) is 0 Å². The average Bonchev–Trinajstić information content (AvgIpc) is 2.42. The highest BCUT2D eigenvalue weighted by molar-refractivity contribution is 5.31. The number of likely N-dealkylation sites (N-methyl/N-ethyl adjacent to an activating group) is 1. The predicted molar refractivity (Wildman–Crippen MR) is 72.2 cm³/mol. The minimum absolute atomic E-state index is 0.707. The van der Waals surface area contributed by atoms with E-state index in [-0.39, 0.29) is 0 Å². The molecule has 1 aromatic rings. The van der Waals surface area contributed by atoms with E-state index in [9.17, 15) is 0 Å². The first-order valence-electron chi connectivity index (χ1n) is 6.13. The lowest BCUT2D eigenvalue weighted by Gasteiger charge is -2.16. The fourth-order valence-corrected chi connectivity index (χ4v) is 1.56. The van der Waals surface area contributed by atoms with Crippen LogP contribution in [0.25, 0.3) is 0 Å². The molecule has 0 aliphatic rings. The Labute approximate surface area is 109 Å². The topological polar surface area (TPSA) is 48.3 Å². The summed E-state index contributed by atoms with van der Waals surface area (Å²) in [5.74, 6) is 0. The summed E-state index contributed by atoms with van der Waals surface area (Å²) in [5, 5.41) is 12.1. The minimum Gasteiger partial charge on any atom is -0.383 e. The number of methoxy groups -OCH3 is 1. The molecular weight excluding hydrogens is 226 g/mol. The molecule has 0 bridgehead atoms. The Hall–Kier alpha value is -1.41. The first-order valence-corrected chi connectivity index (χ1v) is 6.13. The third-order valence-corrected chi connectivity index (χ3v) is 2.76. The summed E-state index contributed by atoms with van der Waals surface area (Å²) >= 11 is 0. The second-order valence-corrected chi connectivity index (χ2v) is 4.28. The van der Waals surface area contributed by atoms with Gasteiger partial charge in [-0.3, -0.25) is 0 Å². The number of nitriles is 1. The van der Waals surface area contributed by atoms with E-state index in [1.54, 1.807) is 7.11 Å². The number of ether oxygens (including phenoxy) is 1. The molecule has 0 aliphatic heterocycles. The van der Waals surface area contributed by atoms with Crippen LogP contribution >= 0.6 is 0 Å². The van der Waals surface area contributed by atoms with Crippen LogP contribution in [0, 0.1) is 11.3 Å². The number of hydrogen-bond acceptors (Lipinski definition) is 4. The Morgan fingerprint density at radius 1 is 1.28 bits per heavy atom. The van der Waals surface area contributed by atoms with Crippen molar-refractivity contribution < 1.29 is 4.74 Å². The number of nitrogens with one attached hydrogen (secondary N) is 1. The molecule has 0 spiro atoms. The Bertz CT molecular complexity index is 370. The Morgan fingerprint density at radius 2 is 2.00 bits per heavy atom. The summed E-state index contributed by atoms with van der Waals surface area (Å²) in [4.78, 5) is 2.23. The summed E-state index contributed by atoms with van der Waals surface area (Å²) in [6.07, 6.45) is 0.